The predicted molar refractivity (Wildman–Crippen MR) is 114 cm³/mol. The van der Waals surface area contributed by atoms with Crippen LogP contribution in [0.15, 0.2) is 48.8 Å². The van der Waals surface area contributed by atoms with E-state index in [1.165, 1.54) is 18.2 Å². The van der Waals surface area contributed by atoms with Crippen LogP contribution in [0.5, 0.6) is 0 Å². The minimum Gasteiger partial charge on any atom is -0.336 e. The first kappa shape index (κ1) is 19.9. The molecule has 0 saturated heterocycles. The molecule has 0 unspecified atom stereocenters. The second-order valence-electron chi connectivity index (χ2n) is 6.75. The van der Waals surface area contributed by atoms with Crippen LogP contribution in [-0.2, 0) is 21.4 Å². The Balaban J connectivity index is 1.64. The Morgan fingerprint density at radius 1 is 1.23 bits per heavy atom. The van der Waals surface area contributed by atoms with Crippen LogP contribution >= 0.6 is 11.6 Å². The first-order chi connectivity index (χ1) is 14.2. The number of nitrogens with zero attached hydrogens (tertiary/aromatic N) is 2. The number of aromatic nitrogens is 2. The molecule has 30 heavy (non-hydrogen) atoms. The van der Waals surface area contributed by atoms with Gasteiger partial charge in [0.2, 0.25) is 15.9 Å². The summed E-state index contributed by atoms with van der Waals surface area (Å²) in [5, 5.41) is 5.73. The van der Waals surface area contributed by atoms with Crippen LogP contribution < -0.4 is 15.4 Å². The summed E-state index contributed by atoms with van der Waals surface area (Å²) in [6.45, 7) is 0.0402. The van der Waals surface area contributed by atoms with E-state index in [1.807, 2.05) is 0 Å². The number of nitrogens with one attached hydrogen (secondary N) is 3. The highest BCUT2D eigenvalue weighted by Crippen LogP contribution is 2.30. The lowest BCUT2D eigenvalue weighted by Crippen LogP contribution is -2.16. The smallest absolute Gasteiger partial charge is 0.257 e. The standard InChI is InChI=1S/C19H16ClN5O4S/c1-30(28,29)24-14-7-12(20)6-13(8-14)22-19(27)11-5-16-18-15(3-2-4-21-18)23-17(26)10-25(16)9-11/h2-9,24H,10H2,1H3,(H,22,27)(H,23,26). The maximum absolute atomic E-state index is 12.8. The Kier molecular flexibility index (Phi) is 4.96. The lowest BCUT2D eigenvalue weighted by Gasteiger charge is -2.09. The first-order valence-electron chi connectivity index (χ1n) is 8.73. The SMILES string of the molecule is CS(=O)(=O)Nc1cc(Cl)cc(NC(=O)c2cc3n(c2)CC(=O)Nc2cccnc2-3)c1. The van der Waals surface area contributed by atoms with Crippen molar-refractivity contribution in [2.75, 3.05) is 21.6 Å². The number of hydrogen-bond donors (Lipinski definition) is 3. The molecule has 2 aromatic heterocycles. The summed E-state index contributed by atoms with van der Waals surface area (Å²) in [4.78, 5) is 29.2. The van der Waals surface area contributed by atoms with E-state index in [-0.39, 0.29) is 23.2 Å². The number of rotatable bonds is 4. The van der Waals surface area contributed by atoms with Crippen molar-refractivity contribution in [1.82, 2.24) is 9.55 Å². The third-order valence-electron chi connectivity index (χ3n) is 4.26. The van der Waals surface area contributed by atoms with Gasteiger partial charge in [0.15, 0.2) is 0 Å². The Bertz CT molecular complexity index is 1290. The summed E-state index contributed by atoms with van der Waals surface area (Å²) in [5.41, 5.74) is 2.61. The lowest BCUT2D eigenvalue weighted by atomic mass is 10.2. The Labute approximate surface area is 177 Å². The molecular weight excluding hydrogens is 430 g/mol. The second kappa shape index (κ2) is 7.47. The summed E-state index contributed by atoms with van der Waals surface area (Å²) >= 11 is 6.04. The van der Waals surface area contributed by atoms with Crippen molar-refractivity contribution in [2.45, 2.75) is 6.54 Å². The average Bonchev–Trinajstić information content (AvgIpc) is 2.98. The molecule has 9 nitrogen and oxygen atoms in total. The van der Waals surface area contributed by atoms with Gasteiger partial charge in [-0.1, -0.05) is 11.6 Å². The van der Waals surface area contributed by atoms with Crippen LogP contribution in [0.1, 0.15) is 10.4 Å². The van der Waals surface area contributed by atoms with E-state index in [1.54, 1.807) is 35.2 Å². The van der Waals surface area contributed by atoms with Crippen LogP contribution in [0.2, 0.25) is 5.02 Å². The summed E-state index contributed by atoms with van der Waals surface area (Å²) < 4.78 is 26.9. The van der Waals surface area contributed by atoms with Gasteiger partial charge >= 0.3 is 0 Å². The number of carbonyl (C=O) groups excluding carboxylic acids is 2. The van der Waals surface area contributed by atoms with Crippen molar-refractivity contribution >= 4 is 50.5 Å². The molecular formula is C19H16ClN5O4S. The van der Waals surface area contributed by atoms with E-state index in [0.29, 0.717) is 28.3 Å². The van der Waals surface area contributed by atoms with Crippen molar-refractivity contribution < 1.29 is 18.0 Å². The van der Waals surface area contributed by atoms with E-state index >= 15 is 0 Å². The van der Waals surface area contributed by atoms with Crippen LogP contribution in [-0.4, -0.2) is 36.0 Å². The number of anilines is 3. The highest BCUT2D eigenvalue weighted by atomic mass is 35.5. The molecule has 3 aromatic rings. The lowest BCUT2D eigenvalue weighted by molar-refractivity contribution is -0.116. The summed E-state index contributed by atoms with van der Waals surface area (Å²) in [5.74, 6) is -0.669. The van der Waals surface area contributed by atoms with Crippen molar-refractivity contribution in [3.63, 3.8) is 0 Å². The van der Waals surface area contributed by atoms with Gasteiger partial charge in [-0.3, -0.25) is 19.3 Å². The van der Waals surface area contributed by atoms with Gasteiger partial charge in [-0.25, -0.2) is 8.42 Å². The second-order valence-corrected chi connectivity index (χ2v) is 8.93. The number of carbonyl (C=O) groups is 2. The molecule has 0 spiro atoms. The van der Waals surface area contributed by atoms with Crippen molar-refractivity contribution in [1.29, 1.82) is 0 Å². The molecule has 3 N–H and O–H groups in total. The highest BCUT2D eigenvalue weighted by Gasteiger charge is 2.22. The van der Waals surface area contributed by atoms with E-state index in [0.717, 1.165) is 6.26 Å². The summed E-state index contributed by atoms with van der Waals surface area (Å²) in [6.07, 6.45) is 4.19. The molecule has 0 atom stereocenters. The molecule has 0 radical (unpaired) electrons. The summed E-state index contributed by atoms with van der Waals surface area (Å²) in [6, 6.07) is 9.48. The van der Waals surface area contributed by atoms with E-state index in [4.69, 9.17) is 11.6 Å². The fourth-order valence-corrected chi connectivity index (χ4v) is 3.94. The monoisotopic (exact) mass is 445 g/mol. The average molecular weight is 446 g/mol. The van der Waals surface area contributed by atoms with Gasteiger partial charge in [0, 0.05) is 23.1 Å². The quantitative estimate of drug-likeness (QED) is 0.570. The van der Waals surface area contributed by atoms with Crippen molar-refractivity contribution in [3.05, 3.63) is 59.4 Å². The maximum atomic E-state index is 12.8. The van der Waals surface area contributed by atoms with Crippen LogP contribution in [0.3, 0.4) is 0 Å². The molecule has 0 aliphatic carbocycles. The van der Waals surface area contributed by atoms with Crippen LogP contribution in [0, 0.1) is 0 Å². The number of hydrogen-bond acceptors (Lipinski definition) is 5. The molecule has 154 valence electrons. The summed E-state index contributed by atoms with van der Waals surface area (Å²) in [7, 11) is -3.50. The maximum Gasteiger partial charge on any atom is 0.257 e. The van der Waals surface area contributed by atoms with E-state index < -0.39 is 15.9 Å². The van der Waals surface area contributed by atoms with Gasteiger partial charge in [0.25, 0.3) is 5.91 Å². The van der Waals surface area contributed by atoms with E-state index in [9.17, 15) is 18.0 Å². The van der Waals surface area contributed by atoms with Crippen molar-refractivity contribution in [2.24, 2.45) is 0 Å². The zero-order chi connectivity index (χ0) is 21.5. The molecule has 1 aliphatic heterocycles. The Morgan fingerprint density at radius 2 is 2.00 bits per heavy atom. The normalized spacial score (nSPS) is 12.9. The third-order valence-corrected chi connectivity index (χ3v) is 5.08. The Morgan fingerprint density at radius 3 is 2.77 bits per heavy atom. The van der Waals surface area contributed by atoms with Gasteiger partial charge < -0.3 is 15.2 Å². The fraction of sp³-hybridized carbons (Fsp3) is 0.105. The Hall–Kier alpha value is -3.37. The number of amides is 2. The van der Waals surface area contributed by atoms with Gasteiger partial charge in [-0.15, -0.1) is 0 Å². The van der Waals surface area contributed by atoms with E-state index in [2.05, 4.69) is 20.3 Å². The number of pyridine rings is 1. The van der Waals surface area contributed by atoms with Crippen LogP contribution in [0.4, 0.5) is 17.1 Å². The minimum absolute atomic E-state index is 0.0402. The number of benzene rings is 1. The zero-order valence-electron chi connectivity index (χ0n) is 15.6. The minimum atomic E-state index is -3.50. The van der Waals surface area contributed by atoms with Gasteiger partial charge in [0.05, 0.1) is 28.9 Å². The molecule has 1 aliphatic rings. The number of halogens is 1. The zero-order valence-corrected chi connectivity index (χ0v) is 17.2. The topological polar surface area (TPSA) is 122 Å². The third kappa shape index (κ3) is 4.29. The predicted octanol–water partition coefficient (Wildman–Crippen LogP) is 2.78. The van der Waals surface area contributed by atoms with Crippen molar-refractivity contribution in [3.8, 4) is 11.4 Å². The largest absolute Gasteiger partial charge is 0.336 e. The van der Waals surface area contributed by atoms with Gasteiger partial charge in [-0.05, 0) is 36.4 Å². The number of fused-ring (bicyclic) bond motifs is 3. The highest BCUT2D eigenvalue weighted by molar-refractivity contribution is 7.92. The molecule has 0 saturated carbocycles. The fourth-order valence-electron chi connectivity index (χ4n) is 3.16. The molecule has 1 aromatic carbocycles. The molecule has 0 fully saturated rings. The van der Waals surface area contributed by atoms with Crippen LogP contribution in [0.25, 0.3) is 11.4 Å². The number of sulfonamides is 1. The van der Waals surface area contributed by atoms with Gasteiger partial charge in [0.1, 0.15) is 12.2 Å². The van der Waals surface area contributed by atoms with Gasteiger partial charge in [-0.2, -0.15) is 0 Å². The molecule has 11 heteroatoms. The molecule has 3 heterocycles. The molecule has 2 amide bonds. The molecule has 0 bridgehead atoms. The molecule has 4 rings (SSSR count). The first-order valence-corrected chi connectivity index (χ1v) is 11.0.